The highest BCUT2D eigenvalue weighted by Gasteiger charge is 2.33. The molecule has 0 aromatic carbocycles. The standard InChI is InChI=1S/C8H13N3/c1-4-6-11(3)7-5-8(2)9-10-8/h1H,5-7H2,2-3H3. The van der Waals surface area contributed by atoms with Gasteiger partial charge in [-0.25, -0.2) is 0 Å². The summed E-state index contributed by atoms with van der Waals surface area (Å²) in [5, 5.41) is 7.83. The Bertz CT molecular complexity index is 196. The molecule has 0 bridgehead atoms. The van der Waals surface area contributed by atoms with Gasteiger partial charge in [0.15, 0.2) is 5.66 Å². The van der Waals surface area contributed by atoms with E-state index in [9.17, 15) is 0 Å². The summed E-state index contributed by atoms with van der Waals surface area (Å²) in [4.78, 5) is 2.09. The van der Waals surface area contributed by atoms with Gasteiger partial charge in [0.05, 0.1) is 6.54 Å². The molecular formula is C8H13N3. The summed E-state index contributed by atoms with van der Waals surface area (Å²) in [5.41, 5.74) is -0.0805. The topological polar surface area (TPSA) is 28.0 Å². The van der Waals surface area contributed by atoms with Gasteiger partial charge in [-0.1, -0.05) is 5.92 Å². The third-order valence-electron chi connectivity index (χ3n) is 1.77. The first-order chi connectivity index (χ1) is 5.16. The molecule has 0 saturated carbocycles. The average Bonchev–Trinajstić information content (AvgIpc) is 2.66. The highest BCUT2D eigenvalue weighted by Crippen LogP contribution is 2.30. The normalized spacial score (nSPS) is 18.4. The minimum absolute atomic E-state index is 0.0805. The molecule has 0 fully saturated rings. The molecule has 0 radical (unpaired) electrons. The molecule has 0 aromatic heterocycles. The number of terminal acetylenes is 1. The number of nitrogens with zero attached hydrogens (tertiary/aromatic N) is 3. The SMILES string of the molecule is C#CCN(C)CCC1(C)N=N1. The molecule has 0 amide bonds. The van der Waals surface area contributed by atoms with Crippen molar-refractivity contribution in [2.24, 2.45) is 10.2 Å². The van der Waals surface area contributed by atoms with Crippen LogP contribution >= 0.6 is 0 Å². The Hall–Kier alpha value is -0.880. The van der Waals surface area contributed by atoms with E-state index in [0.29, 0.717) is 6.54 Å². The maximum Gasteiger partial charge on any atom is 0.189 e. The van der Waals surface area contributed by atoms with Gasteiger partial charge in [0.1, 0.15) is 0 Å². The van der Waals surface area contributed by atoms with Crippen LogP contribution in [0.5, 0.6) is 0 Å². The summed E-state index contributed by atoms with van der Waals surface area (Å²) in [7, 11) is 2.01. The molecule has 0 aliphatic carbocycles. The van der Waals surface area contributed by atoms with Crippen LogP contribution < -0.4 is 0 Å². The van der Waals surface area contributed by atoms with E-state index in [1.165, 1.54) is 0 Å². The van der Waals surface area contributed by atoms with Gasteiger partial charge < -0.3 is 0 Å². The average molecular weight is 151 g/mol. The fourth-order valence-corrected chi connectivity index (χ4v) is 0.823. The summed E-state index contributed by atoms with van der Waals surface area (Å²) in [6.45, 7) is 3.69. The Balaban J connectivity index is 2.08. The number of rotatable bonds is 4. The fraction of sp³-hybridized carbons (Fsp3) is 0.750. The predicted molar refractivity (Wildman–Crippen MR) is 44.2 cm³/mol. The van der Waals surface area contributed by atoms with Crippen molar-refractivity contribution in [1.82, 2.24) is 4.90 Å². The predicted octanol–water partition coefficient (Wildman–Crippen LogP) is 1.12. The van der Waals surface area contributed by atoms with E-state index in [4.69, 9.17) is 6.42 Å². The highest BCUT2D eigenvalue weighted by molar-refractivity contribution is 4.91. The lowest BCUT2D eigenvalue weighted by Gasteiger charge is -2.13. The molecular weight excluding hydrogens is 138 g/mol. The largest absolute Gasteiger partial charge is 0.295 e. The zero-order valence-electron chi connectivity index (χ0n) is 7.04. The molecule has 0 spiro atoms. The van der Waals surface area contributed by atoms with Crippen LogP contribution in [0.25, 0.3) is 0 Å². The Morgan fingerprint density at radius 1 is 1.55 bits per heavy atom. The van der Waals surface area contributed by atoms with Gasteiger partial charge in [-0.15, -0.1) is 6.42 Å². The summed E-state index contributed by atoms with van der Waals surface area (Å²) in [6, 6.07) is 0. The maximum atomic E-state index is 5.15. The van der Waals surface area contributed by atoms with Crippen LogP contribution in [0, 0.1) is 12.3 Å². The number of hydrogen-bond acceptors (Lipinski definition) is 3. The second-order valence-electron chi connectivity index (χ2n) is 3.11. The van der Waals surface area contributed by atoms with Crippen molar-refractivity contribution in [3.05, 3.63) is 0 Å². The molecule has 0 atom stereocenters. The Labute approximate surface area is 67.5 Å². The van der Waals surface area contributed by atoms with Crippen LogP contribution in [-0.2, 0) is 0 Å². The molecule has 3 nitrogen and oxygen atoms in total. The molecule has 0 aromatic rings. The second kappa shape index (κ2) is 3.02. The second-order valence-corrected chi connectivity index (χ2v) is 3.11. The molecule has 11 heavy (non-hydrogen) atoms. The van der Waals surface area contributed by atoms with E-state index in [0.717, 1.165) is 13.0 Å². The van der Waals surface area contributed by atoms with E-state index >= 15 is 0 Å². The number of hydrogen-bond donors (Lipinski definition) is 0. The van der Waals surface area contributed by atoms with Crippen LogP contribution in [0.15, 0.2) is 10.2 Å². The minimum Gasteiger partial charge on any atom is -0.295 e. The summed E-state index contributed by atoms with van der Waals surface area (Å²) >= 11 is 0. The summed E-state index contributed by atoms with van der Waals surface area (Å²) in [6.07, 6.45) is 6.12. The first kappa shape index (κ1) is 8.22. The van der Waals surface area contributed by atoms with Gasteiger partial charge in [0.25, 0.3) is 0 Å². The zero-order chi connectivity index (χ0) is 8.32. The molecule has 0 saturated heterocycles. The van der Waals surface area contributed by atoms with Crippen molar-refractivity contribution in [2.75, 3.05) is 20.1 Å². The maximum absolute atomic E-state index is 5.15. The van der Waals surface area contributed by atoms with E-state index in [1.54, 1.807) is 0 Å². The molecule has 0 N–H and O–H groups in total. The summed E-state index contributed by atoms with van der Waals surface area (Å²) < 4.78 is 0. The molecule has 1 aliphatic rings. The van der Waals surface area contributed by atoms with Gasteiger partial charge in [-0.05, 0) is 14.0 Å². The Morgan fingerprint density at radius 2 is 2.18 bits per heavy atom. The first-order valence-electron chi connectivity index (χ1n) is 3.72. The van der Waals surface area contributed by atoms with Crippen LogP contribution in [0.3, 0.4) is 0 Å². The molecule has 1 heterocycles. The quantitative estimate of drug-likeness (QED) is 0.553. The van der Waals surface area contributed by atoms with Crippen LogP contribution in [0.1, 0.15) is 13.3 Å². The van der Waals surface area contributed by atoms with E-state index < -0.39 is 0 Å². The van der Waals surface area contributed by atoms with Crippen molar-refractivity contribution >= 4 is 0 Å². The minimum atomic E-state index is -0.0805. The van der Waals surface area contributed by atoms with Crippen LogP contribution in [0.4, 0.5) is 0 Å². The van der Waals surface area contributed by atoms with E-state index in [1.807, 2.05) is 14.0 Å². The monoisotopic (exact) mass is 151 g/mol. The lowest BCUT2D eigenvalue weighted by atomic mass is 10.2. The molecule has 0 unspecified atom stereocenters. The first-order valence-corrected chi connectivity index (χ1v) is 3.72. The van der Waals surface area contributed by atoms with Crippen molar-refractivity contribution in [3.8, 4) is 12.3 Å². The third-order valence-corrected chi connectivity index (χ3v) is 1.77. The molecule has 60 valence electrons. The molecule has 1 aliphatic heterocycles. The van der Waals surface area contributed by atoms with E-state index in [2.05, 4.69) is 21.0 Å². The smallest absolute Gasteiger partial charge is 0.189 e. The lowest BCUT2D eigenvalue weighted by molar-refractivity contribution is 0.347. The van der Waals surface area contributed by atoms with Crippen molar-refractivity contribution < 1.29 is 0 Å². The van der Waals surface area contributed by atoms with Crippen molar-refractivity contribution in [1.29, 1.82) is 0 Å². The van der Waals surface area contributed by atoms with Gasteiger partial charge in [-0.2, -0.15) is 10.2 Å². The Morgan fingerprint density at radius 3 is 2.64 bits per heavy atom. The van der Waals surface area contributed by atoms with E-state index in [-0.39, 0.29) is 5.66 Å². The zero-order valence-corrected chi connectivity index (χ0v) is 7.04. The summed E-state index contributed by atoms with van der Waals surface area (Å²) in [5.74, 6) is 2.59. The van der Waals surface area contributed by atoms with Crippen LogP contribution in [-0.4, -0.2) is 30.7 Å². The van der Waals surface area contributed by atoms with Crippen molar-refractivity contribution in [2.45, 2.75) is 19.0 Å². The lowest BCUT2D eigenvalue weighted by Crippen LogP contribution is -2.23. The molecule has 3 heteroatoms. The Kier molecular flexibility index (Phi) is 2.25. The van der Waals surface area contributed by atoms with Gasteiger partial charge in [-0.3, -0.25) is 4.90 Å². The fourth-order valence-electron chi connectivity index (χ4n) is 0.823. The highest BCUT2D eigenvalue weighted by atomic mass is 15.4. The van der Waals surface area contributed by atoms with Crippen molar-refractivity contribution in [3.63, 3.8) is 0 Å². The van der Waals surface area contributed by atoms with Gasteiger partial charge >= 0.3 is 0 Å². The molecule has 1 rings (SSSR count). The third kappa shape index (κ3) is 2.69. The van der Waals surface area contributed by atoms with Gasteiger partial charge in [0, 0.05) is 13.0 Å². The van der Waals surface area contributed by atoms with Gasteiger partial charge in [0.2, 0.25) is 0 Å². The van der Waals surface area contributed by atoms with Crippen LogP contribution in [0.2, 0.25) is 0 Å².